The number of aldehydes is 1. The molecule has 0 aliphatic carbocycles. The van der Waals surface area contributed by atoms with Crippen LogP contribution in [0.1, 0.15) is 16.2 Å². The van der Waals surface area contributed by atoms with Crippen molar-refractivity contribution in [1.82, 2.24) is 14.5 Å². The zero-order valence-corrected chi connectivity index (χ0v) is 7.71. The maximum Gasteiger partial charge on any atom is 0.152 e. The summed E-state index contributed by atoms with van der Waals surface area (Å²) in [6.45, 7) is 1.88. The van der Waals surface area contributed by atoms with Gasteiger partial charge in [0.15, 0.2) is 6.29 Å². The minimum atomic E-state index is 0.612. The molecule has 0 aliphatic heterocycles. The molecule has 0 fully saturated rings. The lowest BCUT2D eigenvalue weighted by Gasteiger charge is -2.05. The van der Waals surface area contributed by atoms with Gasteiger partial charge in [0.2, 0.25) is 0 Å². The predicted octanol–water partition coefficient (Wildman–Crippen LogP) is 1.39. The van der Waals surface area contributed by atoms with Crippen LogP contribution in [0.15, 0.2) is 30.9 Å². The monoisotopic (exact) mass is 187 g/mol. The van der Waals surface area contributed by atoms with Gasteiger partial charge in [-0.3, -0.25) is 9.78 Å². The number of carbonyl (C=O) groups is 1. The molecule has 0 saturated heterocycles. The van der Waals surface area contributed by atoms with Crippen molar-refractivity contribution in [3.63, 3.8) is 0 Å². The summed E-state index contributed by atoms with van der Waals surface area (Å²) >= 11 is 0. The number of nitrogens with zero attached hydrogens (tertiary/aromatic N) is 3. The van der Waals surface area contributed by atoms with Gasteiger partial charge in [0.05, 0.1) is 11.9 Å². The largest absolute Gasteiger partial charge is 0.302 e. The van der Waals surface area contributed by atoms with Crippen LogP contribution in [0.25, 0.3) is 5.69 Å². The molecule has 14 heavy (non-hydrogen) atoms. The molecule has 4 nitrogen and oxygen atoms in total. The Balaban J connectivity index is 2.62. The van der Waals surface area contributed by atoms with Gasteiger partial charge in [-0.25, -0.2) is 4.98 Å². The molecular weight excluding hydrogens is 178 g/mol. The van der Waals surface area contributed by atoms with E-state index in [1.807, 2.05) is 11.5 Å². The van der Waals surface area contributed by atoms with Crippen LogP contribution in [0, 0.1) is 6.92 Å². The van der Waals surface area contributed by atoms with Crippen molar-refractivity contribution >= 4 is 6.29 Å². The lowest BCUT2D eigenvalue weighted by molar-refractivity contribution is 0.112. The highest BCUT2D eigenvalue weighted by atomic mass is 16.1. The van der Waals surface area contributed by atoms with E-state index in [2.05, 4.69) is 9.97 Å². The first kappa shape index (κ1) is 8.62. The molecule has 0 N–H and O–H groups in total. The van der Waals surface area contributed by atoms with Crippen LogP contribution >= 0.6 is 0 Å². The van der Waals surface area contributed by atoms with E-state index in [-0.39, 0.29) is 0 Å². The number of pyridine rings is 1. The smallest absolute Gasteiger partial charge is 0.152 e. The average Bonchev–Trinajstić information content (AvgIpc) is 2.64. The van der Waals surface area contributed by atoms with E-state index in [9.17, 15) is 4.79 Å². The minimum Gasteiger partial charge on any atom is -0.302 e. The number of aryl methyl sites for hydroxylation is 1. The van der Waals surface area contributed by atoms with Crippen LogP contribution in [-0.2, 0) is 0 Å². The molecule has 0 aromatic carbocycles. The van der Waals surface area contributed by atoms with E-state index in [0.717, 1.165) is 17.8 Å². The second kappa shape index (κ2) is 3.41. The standard InChI is InChI=1S/C10H9N3O/c1-8-12-4-5-13(8)10-6-11-3-2-9(10)7-14/h2-7H,1H3. The van der Waals surface area contributed by atoms with Crippen molar-refractivity contribution in [3.8, 4) is 5.69 Å². The van der Waals surface area contributed by atoms with E-state index >= 15 is 0 Å². The van der Waals surface area contributed by atoms with E-state index in [1.54, 1.807) is 30.9 Å². The lowest BCUT2D eigenvalue weighted by atomic mass is 10.2. The third-order valence-electron chi connectivity index (χ3n) is 2.04. The molecule has 2 aromatic rings. The number of carbonyl (C=O) groups excluding carboxylic acids is 1. The van der Waals surface area contributed by atoms with Crippen molar-refractivity contribution < 1.29 is 4.79 Å². The molecule has 2 heterocycles. The molecule has 2 rings (SSSR count). The van der Waals surface area contributed by atoms with Crippen LogP contribution in [0.2, 0.25) is 0 Å². The molecule has 0 saturated carbocycles. The zero-order chi connectivity index (χ0) is 9.97. The Bertz CT molecular complexity index is 462. The number of aromatic nitrogens is 3. The molecule has 0 amide bonds. The van der Waals surface area contributed by atoms with Gasteiger partial charge in [-0.1, -0.05) is 0 Å². The summed E-state index contributed by atoms with van der Waals surface area (Å²) in [5.41, 5.74) is 1.37. The van der Waals surface area contributed by atoms with Gasteiger partial charge in [-0.15, -0.1) is 0 Å². The van der Waals surface area contributed by atoms with Gasteiger partial charge in [-0.2, -0.15) is 0 Å². The van der Waals surface area contributed by atoms with Crippen LogP contribution in [0.4, 0.5) is 0 Å². The fraction of sp³-hybridized carbons (Fsp3) is 0.100. The first-order valence-corrected chi connectivity index (χ1v) is 4.22. The van der Waals surface area contributed by atoms with Crippen molar-refractivity contribution in [2.24, 2.45) is 0 Å². The van der Waals surface area contributed by atoms with Gasteiger partial charge in [0.1, 0.15) is 5.82 Å². The highest BCUT2D eigenvalue weighted by Gasteiger charge is 2.05. The molecule has 2 aromatic heterocycles. The minimum absolute atomic E-state index is 0.612. The Labute approximate surface area is 81.2 Å². The SMILES string of the molecule is Cc1nccn1-c1cnccc1C=O. The molecule has 0 atom stereocenters. The molecular formula is C10H9N3O. The Morgan fingerprint density at radius 3 is 2.93 bits per heavy atom. The van der Waals surface area contributed by atoms with Crippen LogP contribution in [0.3, 0.4) is 0 Å². The number of imidazole rings is 1. The van der Waals surface area contributed by atoms with E-state index in [0.29, 0.717) is 5.56 Å². The van der Waals surface area contributed by atoms with Crippen molar-refractivity contribution in [3.05, 3.63) is 42.2 Å². The summed E-state index contributed by atoms with van der Waals surface area (Å²) in [4.78, 5) is 18.8. The van der Waals surface area contributed by atoms with E-state index < -0.39 is 0 Å². The molecule has 0 spiro atoms. The number of hydrogen-bond donors (Lipinski definition) is 0. The third-order valence-corrected chi connectivity index (χ3v) is 2.04. The third kappa shape index (κ3) is 1.31. The van der Waals surface area contributed by atoms with Crippen molar-refractivity contribution in [2.75, 3.05) is 0 Å². The molecule has 70 valence electrons. The Kier molecular flexibility index (Phi) is 2.10. The van der Waals surface area contributed by atoms with Crippen molar-refractivity contribution in [1.29, 1.82) is 0 Å². The van der Waals surface area contributed by atoms with Crippen LogP contribution in [-0.4, -0.2) is 20.8 Å². The fourth-order valence-electron chi connectivity index (χ4n) is 1.33. The lowest BCUT2D eigenvalue weighted by Crippen LogP contribution is -2.00. The summed E-state index contributed by atoms with van der Waals surface area (Å²) in [7, 11) is 0. The summed E-state index contributed by atoms with van der Waals surface area (Å²) in [5, 5.41) is 0. The quantitative estimate of drug-likeness (QED) is 0.667. The van der Waals surface area contributed by atoms with Crippen LogP contribution < -0.4 is 0 Å². The number of rotatable bonds is 2. The summed E-state index contributed by atoms with van der Waals surface area (Å²) in [5.74, 6) is 0.834. The predicted molar refractivity (Wildman–Crippen MR) is 51.5 cm³/mol. The fourth-order valence-corrected chi connectivity index (χ4v) is 1.33. The van der Waals surface area contributed by atoms with Crippen molar-refractivity contribution in [2.45, 2.75) is 6.92 Å². The maximum absolute atomic E-state index is 10.8. The average molecular weight is 187 g/mol. The van der Waals surface area contributed by atoms with Gasteiger partial charge < -0.3 is 4.57 Å². The Morgan fingerprint density at radius 1 is 1.43 bits per heavy atom. The zero-order valence-electron chi connectivity index (χ0n) is 7.71. The highest BCUT2D eigenvalue weighted by Crippen LogP contribution is 2.12. The topological polar surface area (TPSA) is 47.8 Å². The second-order valence-electron chi connectivity index (χ2n) is 2.90. The normalized spacial score (nSPS) is 10.1. The first-order chi connectivity index (χ1) is 6.83. The molecule has 0 unspecified atom stereocenters. The van der Waals surface area contributed by atoms with E-state index in [1.165, 1.54) is 0 Å². The van der Waals surface area contributed by atoms with Gasteiger partial charge in [-0.05, 0) is 13.0 Å². The van der Waals surface area contributed by atoms with Crippen LogP contribution in [0.5, 0.6) is 0 Å². The summed E-state index contributed by atoms with van der Waals surface area (Å²) < 4.78 is 1.83. The number of hydrogen-bond acceptors (Lipinski definition) is 3. The summed E-state index contributed by atoms with van der Waals surface area (Å²) in [6.07, 6.45) is 7.56. The maximum atomic E-state index is 10.8. The highest BCUT2D eigenvalue weighted by molar-refractivity contribution is 5.80. The second-order valence-corrected chi connectivity index (χ2v) is 2.90. The Hall–Kier alpha value is -1.97. The molecule has 0 radical (unpaired) electrons. The summed E-state index contributed by atoms with van der Waals surface area (Å²) in [6, 6.07) is 1.68. The van der Waals surface area contributed by atoms with Gasteiger partial charge in [0.25, 0.3) is 0 Å². The first-order valence-electron chi connectivity index (χ1n) is 4.22. The van der Waals surface area contributed by atoms with Gasteiger partial charge in [0, 0.05) is 24.2 Å². The molecule has 4 heteroatoms. The Morgan fingerprint density at radius 2 is 2.29 bits per heavy atom. The van der Waals surface area contributed by atoms with Gasteiger partial charge >= 0.3 is 0 Å². The molecule has 0 aliphatic rings. The molecule has 0 bridgehead atoms. The van der Waals surface area contributed by atoms with E-state index in [4.69, 9.17) is 0 Å².